The van der Waals surface area contributed by atoms with E-state index in [0.29, 0.717) is 0 Å². The van der Waals surface area contributed by atoms with Crippen molar-refractivity contribution in [3.63, 3.8) is 0 Å². The van der Waals surface area contributed by atoms with Crippen molar-refractivity contribution in [1.82, 2.24) is 10.2 Å². The number of urea groups is 1. The third-order valence-electron chi connectivity index (χ3n) is 3.84. The van der Waals surface area contributed by atoms with Gasteiger partial charge in [0.25, 0.3) is 0 Å². The Morgan fingerprint density at radius 2 is 1.53 bits per heavy atom. The maximum Gasteiger partial charge on any atom is 0.317 e. The first-order valence-corrected chi connectivity index (χ1v) is 6.53. The van der Waals surface area contributed by atoms with Crippen molar-refractivity contribution in [3.05, 3.63) is 0 Å². The summed E-state index contributed by atoms with van der Waals surface area (Å²) in [5.41, 5.74) is -1.56. The average molecular weight is 242 g/mol. The van der Waals surface area contributed by atoms with Crippen molar-refractivity contribution in [1.29, 1.82) is 0 Å². The minimum Gasteiger partial charge on any atom is -0.388 e. The molecule has 0 aromatic rings. The van der Waals surface area contributed by atoms with E-state index in [9.17, 15) is 9.90 Å². The summed E-state index contributed by atoms with van der Waals surface area (Å²) in [7, 11) is 0. The van der Waals surface area contributed by atoms with Crippen LogP contribution in [0.15, 0.2) is 0 Å². The van der Waals surface area contributed by atoms with E-state index in [1.807, 2.05) is 18.7 Å². The molecule has 17 heavy (non-hydrogen) atoms. The topological polar surface area (TPSA) is 52.6 Å². The fraction of sp³-hybridized carbons (Fsp3) is 0.923. The Hall–Kier alpha value is -0.770. The molecular weight excluding hydrogens is 216 g/mol. The third-order valence-corrected chi connectivity index (χ3v) is 3.84. The monoisotopic (exact) mass is 242 g/mol. The van der Waals surface area contributed by atoms with Crippen LogP contribution in [0.2, 0.25) is 0 Å². The van der Waals surface area contributed by atoms with Crippen molar-refractivity contribution in [2.24, 2.45) is 0 Å². The summed E-state index contributed by atoms with van der Waals surface area (Å²) >= 11 is 0. The van der Waals surface area contributed by atoms with Gasteiger partial charge in [0.2, 0.25) is 0 Å². The second-order valence-electron chi connectivity index (χ2n) is 6.02. The molecule has 0 saturated carbocycles. The molecule has 0 aromatic carbocycles. The van der Waals surface area contributed by atoms with Crippen molar-refractivity contribution in [2.45, 2.75) is 64.5 Å². The Bertz CT molecular complexity index is 261. The summed E-state index contributed by atoms with van der Waals surface area (Å²) in [6.07, 6.45) is 4.57. The molecule has 1 fully saturated rings. The smallest absolute Gasteiger partial charge is 0.317 e. The van der Waals surface area contributed by atoms with Crippen molar-refractivity contribution >= 4 is 6.03 Å². The van der Waals surface area contributed by atoms with Crippen LogP contribution in [-0.4, -0.2) is 40.3 Å². The molecule has 1 aliphatic rings. The number of hydrogen-bond acceptors (Lipinski definition) is 2. The molecule has 0 spiro atoms. The van der Waals surface area contributed by atoms with Crippen LogP contribution in [0.3, 0.4) is 0 Å². The first-order chi connectivity index (χ1) is 7.74. The summed E-state index contributed by atoms with van der Waals surface area (Å²) in [5.74, 6) is 0. The Kier molecular flexibility index (Phi) is 4.42. The summed E-state index contributed by atoms with van der Waals surface area (Å²) in [6, 6.07) is -0.0565. The molecular formula is C13H26N2O2. The highest BCUT2D eigenvalue weighted by Crippen LogP contribution is 2.21. The predicted octanol–water partition coefficient (Wildman–Crippen LogP) is 2.12. The molecule has 0 unspecified atom stereocenters. The van der Waals surface area contributed by atoms with E-state index in [-0.39, 0.29) is 6.03 Å². The van der Waals surface area contributed by atoms with Gasteiger partial charge in [0, 0.05) is 13.1 Å². The first kappa shape index (κ1) is 14.3. The number of nitrogens with one attached hydrogen (secondary N) is 1. The second kappa shape index (κ2) is 5.25. The number of nitrogens with zero attached hydrogens (tertiary/aromatic N) is 1. The number of amides is 2. The molecule has 1 rings (SSSR count). The largest absolute Gasteiger partial charge is 0.388 e. The molecule has 2 N–H and O–H groups in total. The minimum absolute atomic E-state index is 0.0565. The molecule has 2 amide bonds. The van der Waals surface area contributed by atoms with Crippen molar-refractivity contribution in [3.8, 4) is 0 Å². The van der Waals surface area contributed by atoms with Gasteiger partial charge in [0.05, 0.1) is 11.1 Å². The Morgan fingerprint density at radius 3 is 1.94 bits per heavy atom. The zero-order chi connectivity index (χ0) is 13.1. The Balaban J connectivity index is 2.58. The standard InChI is InChI=1S/C13H26N2O2/c1-12(2,13(3,4)17)14-11(16)15-9-7-5-6-8-10-15/h17H,5-10H2,1-4H3,(H,14,16). The number of hydrogen-bond donors (Lipinski definition) is 2. The highest BCUT2D eigenvalue weighted by atomic mass is 16.3. The predicted molar refractivity (Wildman–Crippen MR) is 68.9 cm³/mol. The maximum absolute atomic E-state index is 12.1. The average Bonchev–Trinajstić information content (AvgIpc) is 2.42. The van der Waals surface area contributed by atoms with E-state index < -0.39 is 11.1 Å². The fourth-order valence-electron chi connectivity index (χ4n) is 1.77. The molecule has 0 bridgehead atoms. The Morgan fingerprint density at radius 1 is 1.06 bits per heavy atom. The SMILES string of the molecule is CC(C)(O)C(C)(C)NC(=O)N1CCCCCC1. The van der Waals surface area contributed by atoms with E-state index in [1.54, 1.807) is 13.8 Å². The van der Waals surface area contributed by atoms with Gasteiger partial charge in [-0.2, -0.15) is 0 Å². The van der Waals surface area contributed by atoms with Crippen LogP contribution in [0.25, 0.3) is 0 Å². The van der Waals surface area contributed by atoms with Crippen LogP contribution < -0.4 is 5.32 Å². The zero-order valence-corrected chi connectivity index (χ0v) is 11.5. The van der Waals surface area contributed by atoms with Gasteiger partial charge in [0.1, 0.15) is 0 Å². The number of likely N-dealkylation sites (tertiary alicyclic amines) is 1. The molecule has 0 radical (unpaired) electrons. The fourth-order valence-corrected chi connectivity index (χ4v) is 1.77. The molecule has 4 heteroatoms. The molecule has 1 heterocycles. The van der Waals surface area contributed by atoms with Gasteiger partial charge >= 0.3 is 6.03 Å². The van der Waals surface area contributed by atoms with Crippen molar-refractivity contribution < 1.29 is 9.90 Å². The van der Waals surface area contributed by atoms with Crippen LogP contribution in [-0.2, 0) is 0 Å². The zero-order valence-electron chi connectivity index (χ0n) is 11.5. The van der Waals surface area contributed by atoms with Crippen LogP contribution in [0.5, 0.6) is 0 Å². The van der Waals surface area contributed by atoms with Crippen LogP contribution in [0, 0.1) is 0 Å². The molecule has 1 aliphatic heterocycles. The lowest BCUT2D eigenvalue weighted by Gasteiger charge is -2.39. The van der Waals surface area contributed by atoms with Crippen LogP contribution in [0.4, 0.5) is 4.79 Å². The highest BCUT2D eigenvalue weighted by molar-refractivity contribution is 5.75. The van der Waals surface area contributed by atoms with Crippen molar-refractivity contribution in [2.75, 3.05) is 13.1 Å². The van der Waals surface area contributed by atoms with Gasteiger partial charge < -0.3 is 15.3 Å². The molecule has 4 nitrogen and oxygen atoms in total. The minimum atomic E-state index is -0.936. The lowest BCUT2D eigenvalue weighted by molar-refractivity contribution is -0.00119. The van der Waals surface area contributed by atoms with E-state index in [1.165, 1.54) is 12.8 Å². The quantitative estimate of drug-likeness (QED) is 0.779. The van der Waals surface area contributed by atoms with E-state index in [2.05, 4.69) is 5.32 Å². The Labute approximate surface area is 104 Å². The van der Waals surface area contributed by atoms with Gasteiger partial charge in [-0.1, -0.05) is 12.8 Å². The van der Waals surface area contributed by atoms with E-state index in [0.717, 1.165) is 25.9 Å². The number of carbonyl (C=O) groups excluding carboxylic acids is 1. The molecule has 0 atom stereocenters. The summed E-state index contributed by atoms with van der Waals surface area (Å²) in [5, 5.41) is 12.9. The first-order valence-electron chi connectivity index (χ1n) is 6.53. The van der Waals surface area contributed by atoms with Gasteiger partial charge in [0.15, 0.2) is 0 Å². The summed E-state index contributed by atoms with van der Waals surface area (Å²) < 4.78 is 0. The molecule has 100 valence electrons. The normalized spacial score (nSPS) is 18.8. The van der Waals surface area contributed by atoms with Gasteiger partial charge in [-0.15, -0.1) is 0 Å². The van der Waals surface area contributed by atoms with E-state index >= 15 is 0 Å². The van der Waals surface area contributed by atoms with Crippen LogP contribution in [0.1, 0.15) is 53.4 Å². The highest BCUT2D eigenvalue weighted by Gasteiger charge is 2.37. The van der Waals surface area contributed by atoms with Gasteiger partial charge in [-0.3, -0.25) is 0 Å². The van der Waals surface area contributed by atoms with E-state index in [4.69, 9.17) is 0 Å². The lowest BCUT2D eigenvalue weighted by atomic mass is 9.86. The summed E-state index contributed by atoms with van der Waals surface area (Å²) in [6.45, 7) is 8.79. The summed E-state index contributed by atoms with van der Waals surface area (Å²) in [4.78, 5) is 14.0. The van der Waals surface area contributed by atoms with Gasteiger partial charge in [-0.05, 0) is 40.5 Å². The molecule has 0 aliphatic carbocycles. The molecule has 0 aromatic heterocycles. The lowest BCUT2D eigenvalue weighted by Crippen LogP contribution is -2.60. The molecule has 1 saturated heterocycles. The van der Waals surface area contributed by atoms with Crippen LogP contribution >= 0.6 is 0 Å². The third kappa shape index (κ3) is 3.87. The van der Waals surface area contributed by atoms with Gasteiger partial charge in [-0.25, -0.2) is 4.79 Å². The second-order valence-corrected chi connectivity index (χ2v) is 6.02. The number of aliphatic hydroxyl groups is 1. The maximum atomic E-state index is 12.1. The number of carbonyl (C=O) groups is 1. The number of rotatable bonds is 2.